The van der Waals surface area contributed by atoms with E-state index in [9.17, 15) is 50.5 Å². The summed E-state index contributed by atoms with van der Waals surface area (Å²) in [5.41, 5.74) is 1.39. The van der Waals surface area contributed by atoms with Gasteiger partial charge in [0.25, 0.3) is 32.1 Å². The average molecular weight is 771 g/mol. The number of carbonyl (C=O) groups is 3. The summed E-state index contributed by atoms with van der Waals surface area (Å²) in [6.45, 7) is 3.11. The van der Waals surface area contributed by atoms with E-state index in [-0.39, 0.29) is 34.0 Å². The zero-order valence-electron chi connectivity index (χ0n) is 28.2. The fourth-order valence-electron chi connectivity index (χ4n) is 5.98. The molecule has 8 N–H and O–H groups in total. The van der Waals surface area contributed by atoms with Crippen LogP contribution in [0, 0.1) is 13.8 Å². The van der Waals surface area contributed by atoms with Crippen LogP contribution >= 0.6 is 0 Å². The van der Waals surface area contributed by atoms with E-state index in [1.54, 1.807) is 26.0 Å². The lowest BCUT2D eigenvalue weighted by molar-refractivity contribution is 0.0944. The van der Waals surface area contributed by atoms with E-state index in [0.29, 0.717) is 44.0 Å². The van der Waals surface area contributed by atoms with Gasteiger partial charge < -0.3 is 20.8 Å². The second-order valence-electron chi connectivity index (χ2n) is 12.1. The Labute approximate surface area is 307 Å². The number of hydrogen-bond acceptors (Lipinski definition) is 11. The molecule has 0 aliphatic rings. The highest BCUT2D eigenvalue weighted by Gasteiger charge is 2.23. The molecular weight excluding hydrogens is 741 g/mol. The number of fused-ring (bicyclic) bond motifs is 2. The minimum atomic E-state index is -4.69. The van der Waals surface area contributed by atoms with E-state index in [1.807, 2.05) is 0 Å². The molecule has 4 amide bonds. The third kappa shape index (κ3) is 7.50. The van der Waals surface area contributed by atoms with Crippen LogP contribution in [0.4, 0.5) is 27.5 Å². The summed E-state index contributed by atoms with van der Waals surface area (Å²) in [5, 5.41) is 31.8. The van der Waals surface area contributed by atoms with Crippen LogP contribution in [0.15, 0.2) is 107 Å². The lowest BCUT2D eigenvalue weighted by Gasteiger charge is -2.16. The van der Waals surface area contributed by atoms with Gasteiger partial charge in [-0.25, -0.2) is 4.79 Å². The van der Waals surface area contributed by atoms with Gasteiger partial charge in [-0.1, -0.05) is 24.3 Å². The van der Waals surface area contributed by atoms with Crippen LogP contribution in [0.2, 0.25) is 0 Å². The van der Waals surface area contributed by atoms with Crippen LogP contribution in [0.3, 0.4) is 0 Å². The molecule has 0 aliphatic heterocycles. The molecule has 0 atom stereocenters. The first-order chi connectivity index (χ1) is 25.4. The van der Waals surface area contributed by atoms with Crippen LogP contribution in [0.5, 0.6) is 11.5 Å². The van der Waals surface area contributed by atoms with Gasteiger partial charge in [-0.2, -0.15) is 16.8 Å². The summed E-state index contributed by atoms with van der Waals surface area (Å²) in [5.74, 6) is -1.94. The number of carbonyl (C=O) groups excluding carboxylic acids is 3. The Morgan fingerprint density at radius 3 is 1.26 bits per heavy atom. The summed E-state index contributed by atoms with van der Waals surface area (Å²) in [7, 11) is -9.37. The average Bonchev–Trinajstić information content (AvgIpc) is 3.08. The quantitative estimate of drug-likeness (QED) is 0.0795. The van der Waals surface area contributed by atoms with Crippen molar-refractivity contribution in [1.82, 2.24) is 10.6 Å². The molecule has 15 nitrogen and oxygen atoms in total. The van der Waals surface area contributed by atoms with Crippen LogP contribution in [-0.4, -0.2) is 54.0 Å². The second kappa shape index (κ2) is 14.1. The zero-order chi connectivity index (χ0) is 39.1. The highest BCUT2D eigenvalue weighted by molar-refractivity contribution is 7.86. The van der Waals surface area contributed by atoms with E-state index in [2.05, 4.69) is 21.3 Å². The molecule has 0 aliphatic carbocycles. The molecule has 0 spiro atoms. The number of hydrogen-bond donors (Lipinski definition) is 8. The van der Waals surface area contributed by atoms with Crippen LogP contribution < -0.4 is 21.3 Å². The Morgan fingerprint density at radius 2 is 0.907 bits per heavy atom. The number of anilines is 4. The Hall–Kier alpha value is -6.53. The minimum Gasteiger partial charge on any atom is -0.507 e. The van der Waals surface area contributed by atoms with Crippen LogP contribution in [0.25, 0.3) is 21.5 Å². The third-order valence-electron chi connectivity index (χ3n) is 8.49. The second-order valence-corrected chi connectivity index (χ2v) is 14.9. The van der Waals surface area contributed by atoms with Gasteiger partial charge in [0.15, 0.2) is 0 Å². The molecule has 0 radical (unpaired) electrons. The Morgan fingerprint density at radius 1 is 0.519 bits per heavy atom. The molecule has 0 fully saturated rings. The number of urea groups is 1. The smallest absolute Gasteiger partial charge is 0.328 e. The van der Waals surface area contributed by atoms with Crippen molar-refractivity contribution in [3.63, 3.8) is 0 Å². The highest BCUT2D eigenvalue weighted by Crippen LogP contribution is 2.38. The van der Waals surface area contributed by atoms with E-state index in [4.69, 9.17) is 0 Å². The van der Waals surface area contributed by atoms with E-state index < -0.39 is 47.9 Å². The van der Waals surface area contributed by atoms with E-state index >= 15 is 0 Å². The first-order valence-electron chi connectivity index (χ1n) is 15.8. The number of benzene rings is 6. The molecule has 6 aromatic rings. The van der Waals surface area contributed by atoms with Gasteiger partial charge in [-0.3, -0.25) is 29.3 Å². The third-order valence-corrected chi connectivity index (χ3v) is 10.3. The first-order valence-corrected chi connectivity index (χ1v) is 18.7. The maximum atomic E-state index is 13.0. The number of rotatable bonds is 8. The van der Waals surface area contributed by atoms with Crippen molar-refractivity contribution in [3.05, 3.63) is 119 Å². The number of imide groups is 2. The van der Waals surface area contributed by atoms with Gasteiger partial charge in [-0.15, -0.1) is 0 Å². The zero-order valence-corrected chi connectivity index (χ0v) is 29.8. The fourth-order valence-corrected chi connectivity index (χ4v) is 7.30. The summed E-state index contributed by atoms with van der Waals surface area (Å²) in [4.78, 5) is 37.9. The Kier molecular flexibility index (Phi) is 9.74. The molecule has 0 saturated heterocycles. The molecule has 0 heterocycles. The van der Waals surface area contributed by atoms with Crippen molar-refractivity contribution in [3.8, 4) is 11.5 Å². The summed E-state index contributed by atoms with van der Waals surface area (Å²) < 4.78 is 68.3. The van der Waals surface area contributed by atoms with Crippen molar-refractivity contribution < 1.29 is 50.5 Å². The minimum absolute atomic E-state index is 0.0174. The van der Waals surface area contributed by atoms with Gasteiger partial charge in [0, 0.05) is 44.0 Å². The van der Waals surface area contributed by atoms with Crippen LogP contribution in [-0.2, 0) is 20.2 Å². The van der Waals surface area contributed by atoms with E-state index in [0.717, 1.165) is 12.1 Å². The molecule has 54 heavy (non-hydrogen) atoms. The fraction of sp³-hybridized carbons (Fsp3) is 0.0541. The van der Waals surface area contributed by atoms with Gasteiger partial charge in [0.05, 0.1) is 11.4 Å². The standard InChI is InChI=1S/C37H30N4O11S2/c1-19-17-21(38-33-27-5-3-7-29(42)25(27)13-15-31(33)53(47,48)49)9-11-23(19)35(44)40-37(46)41-36(45)24-12-10-22(18-20(24)2)39-34-28-6-4-8-30(43)26(28)14-16-32(34)54(50,51)52/h3-18,38-39,42-43H,1-2H3,(H,47,48,49)(H,50,51,52)(H2,40,41,44,45,46). The van der Waals surface area contributed by atoms with Crippen molar-refractivity contribution in [1.29, 1.82) is 0 Å². The number of phenols is 2. The monoisotopic (exact) mass is 770 g/mol. The maximum Gasteiger partial charge on any atom is 0.328 e. The topological polar surface area (TPSA) is 249 Å². The number of phenolic OH excluding ortho intramolecular Hbond substituents is 2. The van der Waals surface area contributed by atoms with Gasteiger partial charge in [0.1, 0.15) is 21.3 Å². The number of amides is 4. The van der Waals surface area contributed by atoms with Crippen LogP contribution in [0.1, 0.15) is 31.8 Å². The number of aryl methyl sites for hydroxylation is 2. The molecule has 0 bridgehead atoms. The number of aromatic hydroxyl groups is 2. The molecule has 17 heteroatoms. The molecule has 0 aromatic heterocycles. The predicted molar refractivity (Wildman–Crippen MR) is 200 cm³/mol. The SMILES string of the molecule is Cc1cc(Nc2c(S(=O)(=O)O)ccc3c(O)cccc23)ccc1C(=O)NC(=O)NC(=O)c1ccc(Nc2c(S(=O)(=O)O)ccc3c(O)cccc23)cc1C. The predicted octanol–water partition coefficient (Wildman–Crippen LogP) is 6.28. The van der Waals surface area contributed by atoms with Gasteiger partial charge >= 0.3 is 6.03 Å². The van der Waals surface area contributed by atoms with Crippen molar-refractivity contribution in [2.24, 2.45) is 0 Å². The first kappa shape index (κ1) is 37.2. The van der Waals surface area contributed by atoms with Crippen molar-refractivity contribution in [2.45, 2.75) is 23.6 Å². The van der Waals surface area contributed by atoms with Gasteiger partial charge in [0.2, 0.25) is 0 Å². The Balaban J connectivity index is 1.16. The molecule has 0 saturated carbocycles. The Bertz CT molecular complexity index is 2600. The highest BCUT2D eigenvalue weighted by atomic mass is 32.2. The van der Waals surface area contributed by atoms with Crippen molar-refractivity contribution in [2.75, 3.05) is 10.6 Å². The molecule has 6 aromatic carbocycles. The summed E-state index contributed by atoms with van der Waals surface area (Å²) >= 11 is 0. The summed E-state index contributed by atoms with van der Waals surface area (Å²) in [6, 6.07) is 21.4. The van der Waals surface area contributed by atoms with Gasteiger partial charge in [-0.05, 0) is 97.8 Å². The lowest BCUT2D eigenvalue weighted by atomic mass is 10.1. The molecular formula is C37H30N4O11S2. The van der Waals surface area contributed by atoms with Crippen molar-refractivity contribution >= 4 is 82.4 Å². The molecule has 6 rings (SSSR count). The maximum absolute atomic E-state index is 13.0. The summed E-state index contributed by atoms with van der Waals surface area (Å²) in [6.07, 6.45) is 0. The normalized spacial score (nSPS) is 11.6. The number of nitrogens with one attached hydrogen (secondary N) is 4. The molecule has 0 unspecified atom stereocenters. The van der Waals surface area contributed by atoms with E-state index in [1.165, 1.54) is 72.8 Å². The molecule has 276 valence electrons. The largest absolute Gasteiger partial charge is 0.507 e. The lowest BCUT2D eigenvalue weighted by Crippen LogP contribution is -2.42.